The SMILES string of the molecule is C.C.CC(C)c1cn[nH]c1.Cc1cc(C)on1.Cn1cc(C(C)(C)C)cn1. The van der Waals surface area contributed by atoms with Gasteiger partial charge in [-0.3, -0.25) is 9.78 Å². The molecule has 6 nitrogen and oxygen atoms in total. The van der Waals surface area contributed by atoms with Crippen LogP contribution in [0.15, 0.2) is 35.4 Å². The summed E-state index contributed by atoms with van der Waals surface area (Å²) in [6.07, 6.45) is 7.75. The van der Waals surface area contributed by atoms with E-state index in [1.165, 1.54) is 11.1 Å². The van der Waals surface area contributed by atoms with Crippen molar-refractivity contribution in [1.29, 1.82) is 0 Å². The molecule has 27 heavy (non-hydrogen) atoms. The van der Waals surface area contributed by atoms with Crippen LogP contribution >= 0.6 is 0 Å². The van der Waals surface area contributed by atoms with Gasteiger partial charge in [0, 0.05) is 25.5 Å². The molecule has 3 aromatic heterocycles. The number of nitrogens with zero attached hydrogens (tertiary/aromatic N) is 4. The average molecular weight is 378 g/mol. The highest BCUT2D eigenvalue weighted by atomic mass is 16.5. The lowest BCUT2D eigenvalue weighted by Crippen LogP contribution is -2.09. The number of aromatic amines is 1. The van der Waals surface area contributed by atoms with Crippen molar-refractivity contribution in [3.8, 4) is 0 Å². The van der Waals surface area contributed by atoms with Crippen molar-refractivity contribution in [2.24, 2.45) is 7.05 Å². The number of hydrogen-bond acceptors (Lipinski definition) is 4. The minimum atomic E-state index is 0. The molecule has 3 aromatic rings. The molecule has 0 fully saturated rings. The summed E-state index contributed by atoms with van der Waals surface area (Å²) in [5.41, 5.74) is 3.73. The van der Waals surface area contributed by atoms with E-state index in [-0.39, 0.29) is 20.3 Å². The third kappa shape index (κ3) is 10.4. The second-order valence-electron chi connectivity index (χ2n) is 7.42. The third-order valence-corrected chi connectivity index (χ3v) is 3.50. The van der Waals surface area contributed by atoms with Gasteiger partial charge in [-0.05, 0) is 36.3 Å². The molecule has 0 radical (unpaired) electrons. The fourth-order valence-corrected chi connectivity index (χ4v) is 1.88. The van der Waals surface area contributed by atoms with Gasteiger partial charge in [-0.25, -0.2) is 0 Å². The fraction of sp³-hybridized carbons (Fsp3) is 0.571. The molecule has 0 aliphatic rings. The molecule has 0 aromatic carbocycles. The molecule has 0 spiro atoms. The quantitative estimate of drug-likeness (QED) is 0.580. The van der Waals surface area contributed by atoms with E-state index in [9.17, 15) is 0 Å². The average Bonchev–Trinajstić information content (AvgIpc) is 3.21. The molecule has 6 heteroatoms. The molecular formula is C21H39N5O. The first kappa shape index (κ1) is 26.9. The Labute approximate surface area is 165 Å². The summed E-state index contributed by atoms with van der Waals surface area (Å²) in [6.45, 7) is 14.6. The van der Waals surface area contributed by atoms with E-state index < -0.39 is 0 Å². The molecule has 0 aliphatic carbocycles. The van der Waals surface area contributed by atoms with Gasteiger partial charge in [0.05, 0.1) is 18.1 Å². The van der Waals surface area contributed by atoms with Crippen molar-refractivity contribution in [1.82, 2.24) is 25.1 Å². The highest BCUT2D eigenvalue weighted by molar-refractivity contribution is 5.14. The Kier molecular flexibility index (Phi) is 12.0. The summed E-state index contributed by atoms with van der Waals surface area (Å²) in [4.78, 5) is 0. The van der Waals surface area contributed by atoms with Crippen molar-refractivity contribution in [2.75, 3.05) is 0 Å². The van der Waals surface area contributed by atoms with Crippen molar-refractivity contribution < 1.29 is 4.52 Å². The molecule has 3 heterocycles. The van der Waals surface area contributed by atoms with Gasteiger partial charge in [-0.2, -0.15) is 10.2 Å². The van der Waals surface area contributed by atoms with E-state index in [1.54, 1.807) is 0 Å². The monoisotopic (exact) mass is 377 g/mol. The van der Waals surface area contributed by atoms with Gasteiger partial charge in [0.1, 0.15) is 5.76 Å². The summed E-state index contributed by atoms with van der Waals surface area (Å²) in [6, 6.07) is 1.89. The molecular weight excluding hydrogens is 338 g/mol. The van der Waals surface area contributed by atoms with E-state index >= 15 is 0 Å². The molecule has 0 saturated carbocycles. The minimum Gasteiger partial charge on any atom is -0.361 e. The first-order chi connectivity index (χ1) is 11.6. The smallest absolute Gasteiger partial charge is 0.133 e. The van der Waals surface area contributed by atoms with Gasteiger partial charge < -0.3 is 4.52 Å². The zero-order valence-corrected chi connectivity index (χ0v) is 16.7. The Bertz CT molecular complexity index is 701. The van der Waals surface area contributed by atoms with E-state index in [1.807, 2.05) is 50.2 Å². The van der Waals surface area contributed by atoms with Gasteiger partial charge in [0.2, 0.25) is 0 Å². The van der Waals surface area contributed by atoms with Crippen molar-refractivity contribution in [3.63, 3.8) is 0 Å². The van der Waals surface area contributed by atoms with Crippen LogP contribution < -0.4 is 0 Å². The summed E-state index contributed by atoms with van der Waals surface area (Å²) < 4.78 is 6.55. The zero-order chi connectivity index (χ0) is 19.0. The maximum atomic E-state index is 4.71. The normalized spacial score (nSPS) is 9.96. The van der Waals surface area contributed by atoms with Gasteiger partial charge in [0.15, 0.2) is 0 Å². The van der Waals surface area contributed by atoms with Crippen molar-refractivity contribution in [2.45, 2.75) is 74.7 Å². The molecule has 1 N–H and O–H groups in total. The second-order valence-corrected chi connectivity index (χ2v) is 7.42. The number of hydrogen-bond donors (Lipinski definition) is 1. The van der Waals surface area contributed by atoms with Crippen molar-refractivity contribution >= 4 is 0 Å². The van der Waals surface area contributed by atoms with Crippen LogP contribution in [0.1, 0.15) is 78.0 Å². The lowest BCUT2D eigenvalue weighted by atomic mass is 9.90. The molecule has 0 bridgehead atoms. The van der Waals surface area contributed by atoms with E-state index in [4.69, 9.17) is 4.52 Å². The summed E-state index contributed by atoms with van der Waals surface area (Å²) in [7, 11) is 1.94. The summed E-state index contributed by atoms with van der Waals surface area (Å²) in [5.74, 6) is 1.46. The highest BCUT2D eigenvalue weighted by Gasteiger charge is 2.14. The first-order valence-electron chi connectivity index (χ1n) is 8.47. The number of H-pyrrole nitrogens is 1. The summed E-state index contributed by atoms with van der Waals surface area (Å²) in [5, 5.41) is 14.3. The van der Waals surface area contributed by atoms with Crippen LogP contribution in [0.5, 0.6) is 0 Å². The Balaban J connectivity index is 0. The van der Waals surface area contributed by atoms with Crippen LogP contribution in [0.4, 0.5) is 0 Å². The molecule has 0 saturated heterocycles. The van der Waals surface area contributed by atoms with Gasteiger partial charge in [0.25, 0.3) is 0 Å². The number of rotatable bonds is 1. The van der Waals surface area contributed by atoms with Crippen LogP contribution in [0.3, 0.4) is 0 Å². The molecule has 0 atom stereocenters. The lowest BCUT2D eigenvalue weighted by Gasteiger charge is -2.14. The van der Waals surface area contributed by atoms with Crippen LogP contribution in [0.25, 0.3) is 0 Å². The first-order valence-corrected chi connectivity index (χ1v) is 8.47. The Morgan fingerprint density at radius 3 is 1.93 bits per heavy atom. The molecule has 0 amide bonds. The van der Waals surface area contributed by atoms with Gasteiger partial charge in [-0.1, -0.05) is 54.6 Å². The van der Waals surface area contributed by atoms with Crippen LogP contribution in [-0.4, -0.2) is 25.1 Å². The molecule has 0 aliphatic heterocycles. The highest BCUT2D eigenvalue weighted by Crippen LogP contribution is 2.20. The van der Waals surface area contributed by atoms with Crippen LogP contribution in [-0.2, 0) is 12.5 Å². The topological polar surface area (TPSA) is 72.5 Å². The van der Waals surface area contributed by atoms with Crippen LogP contribution in [0, 0.1) is 13.8 Å². The zero-order valence-electron chi connectivity index (χ0n) is 16.7. The Morgan fingerprint density at radius 1 is 1.11 bits per heavy atom. The molecule has 154 valence electrons. The lowest BCUT2D eigenvalue weighted by molar-refractivity contribution is 0.393. The second kappa shape index (κ2) is 12.1. The van der Waals surface area contributed by atoms with Crippen molar-refractivity contribution in [3.05, 3.63) is 53.4 Å². The standard InChI is InChI=1S/C8H14N2.C6H10N2.C5H7NO.2CH4/c1-8(2,3)7-5-9-10(4)6-7;1-5(2)6-3-7-8-4-6;1-4-3-5(2)7-6-4;;/h5-6H,1-4H3;3-5H,1-2H3,(H,7,8);3H,1-2H3;2*1H4. The van der Waals surface area contributed by atoms with Crippen LogP contribution in [0.2, 0.25) is 0 Å². The minimum absolute atomic E-state index is 0. The molecule has 3 rings (SSSR count). The predicted octanol–water partition coefficient (Wildman–Crippen LogP) is 5.81. The number of nitrogens with one attached hydrogen (secondary N) is 1. The molecule has 0 unspecified atom stereocenters. The number of aromatic nitrogens is 5. The Hall–Kier alpha value is -2.37. The maximum Gasteiger partial charge on any atom is 0.133 e. The van der Waals surface area contributed by atoms with E-state index in [0.717, 1.165) is 11.5 Å². The predicted molar refractivity (Wildman–Crippen MR) is 114 cm³/mol. The summed E-state index contributed by atoms with van der Waals surface area (Å²) >= 11 is 0. The van der Waals surface area contributed by atoms with Gasteiger partial charge in [-0.15, -0.1) is 0 Å². The van der Waals surface area contributed by atoms with E-state index in [2.05, 4.69) is 61.3 Å². The van der Waals surface area contributed by atoms with E-state index in [0.29, 0.717) is 5.92 Å². The largest absolute Gasteiger partial charge is 0.361 e. The maximum absolute atomic E-state index is 4.71. The van der Waals surface area contributed by atoms with Gasteiger partial charge >= 0.3 is 0 Å². The Morgan fingerprint density at radius 2 is 1.74 bits per heavy atom. The fourth-order valence-electron chi connectivity index (χ4n) is 1.88. The number of aryl methyl sites for hydroxylation is 3. The third-order valence-electron chi connectivity index (χ3n) is 3.50.